The third-order valence-corrected chi connectivity index (χ3v) is 3.53. The van der Waals surface area contributed by atoms with E-state index < -0.39 is 0 Å². The van der Waals surface area contributed by atoms with Crippen LogP contribution in [-0.4, -0.2) is 46.0 Å². The summed E-state index contributed by atoms with van der Waals surface area (Å²) in [7, 11) is 1.51. The van der Waals surface area contributed by atoms with Crippen molar-refractivity contribution >= 4 is 11.9 Å². The summed E-state index contributed by atoms with van der Waals surface area (Å²) in [6.07, 6.45) is 3.83. The van der Waals surface area contributed by atoms with Gasteiger partial charge in [-0.15, -0.1) is 0 Å². The summed E-state index contributed by atoms with van der Waals surface area (Å²) in [5.74, 6) is 0.784. The molecule has 1 aliphatic heterocycles. The molecule has 0 unspecified atom stereocenters. The smallest absolute Gasteiger partial charge is 0.321 e. The third-order valence-electron chi connectivity index (χ3n) is 3.53. The average Bonchev–Trinajstić information content (AvgIpc) is 3.15. The molecule has 8 nitrogen and oxygen atoms in total. The zero-order valence-electron chi connectivity index (χ0n) is 12.9. The van der Waals surface area contributed by atoms with Crippen molar-refractivity contribution in [1.82, 2.24) is 25.3 Å². The van der Waals surface area contributed by atoms with Crippen LogP contribution in [-0.2, 0) is 6.54 Å². The Morgan fingerprint density at radius 1 is 1.26 bits per heavy atom. The van der Waals surface area contributed by atoms with E-state index in [0.29, 0.717) is 17.5 Å². The maximum Gasteiger partial charge on any atom is 0.321 e. The second-order valence-corrected chi connectivity index (χ2v) is 5.13. The molecule has 2 aromatic heterocycles. The van der Waals surface area contributed by atoms with Crippen LogP contribution in [0.2, 0.25) is 0 Å². The molecule has 2 aromatic rings. The molecule has 3 heterocycles. The molecule has 1 saturated heterocycles. The summed E-state index contributed by atoms with van der Waals surface area (Å²) in [6.45, 7) is 2.04. The molecule has 0 spiro atoms. The molecule has 0 aromatic carbocycles. The number of nitrogens with one attached hydrogen (secondary N) is 1. The molecular weight excluding hydrogens is 296 g/mol. The van der Waals surface area contributed by atoms with Gasteiger partial charge in [0.15, 0.2) is 5.82 Å². The van der Waals surface area contributed by atoms with Crippen molar-refractivity contribution in [3.05, 3.63) is 35.9 Å². The van der Waals surface area contributed by atoms with E-state index in [2.05, 4.69) is 30.2 Å². The van der Waals surface area contributed by atoms with Crippen molar-refractivity contribution in [1.29, 1.82) is 0 Å². The predicted octanol–water partition coefficient (Wildman–Crippen LogP) is 0.805. The molecule has 8 heteroatoms. The van der Waals surface area contributed by atoms with Crippen molar-refractivity contribution in [2.75, 3.05) is 25.1 Å². The van der Waals surface area contributed by atoms with E-state index in [4.69, 9.17) is 4.74 Å². The number of hydrogen-bond acceptors (Lipinski definition) is 7. The Morgan fingerprint density at radius 3 is 2.78 bits per heavy atom. The number of aromatic nitrogens is 4. The van der Waals surface area contributed by atoms with Crippen LogP contribution in [0.3, 0.4) is 0 Å². The van der Waals surface area contributed by atoms with Gasteiger partial charge < -0.3 is 15.0 Å². The molecule has 0 aliphatic carbocycles. The van der Waals surface area contributed by atoms with Gasteiger partial charge in [0.2, 0.25) is 5.95 Å². The summed E-state index contributed by atoms with van der Waals surface area (Å²) in [6, 6.07) is 5.43. The van der Waals surface area contributed by atoms with Crippen LogP contribution >= 0.6 is 0 Å². The quantitative estimate of drug-likeness (QED) is 0.872. The molecule has 3 rings (SSSR count). The van der Waals surface area contributed by atoms with Crippen molar-refractivity contribution < 1.29 is 9.53 Å². The van der Waals surface area contributed by atoms with Crippen LogP contribution in [0.5, 0.6) is 6.01 Å². The van der Waals surface area contributed by atoms with Crippen LogP contribution in [0.25, 0.3) is 0 Å². The molecule has 1 amide bonds. The molecule has 0 bridgehead atoms. The maximum atomic E-state index is 12.0. The second kappa shape index (κ2) is 6.99. The van der Waals surface area contributed by atoms with Gasteiger partial charge in [0, 0.05) is 19.3 Å². The number of hydrogen-bond donors (Lipinski definition) is 1. The molecule has 1 N–H and O–H groups in total. The Kier molecular flexibility index (Phi) is 4.60. The largest absolute Gasteiger partial charge is 0.467 e. The van der Waals surface area contributed by atoms with Gasteiger partial charge in [-0.05, 0) is 25.0 Å². The van der Waals surface area contributed by atoms with Gasteiger partial charge in [-0.3, -0.25) is 9.78 Å². The Hall–Kier alpha value is -2.77. The van der Waals surface area contributed by atoms with E-state index in [1.165, 1.54) is 7.11 Å². The fourth-order valence-corrected chi connectivity index (χ4v) is 2.36. The number of anilines is 1. The number of amides is 1. The highest BCUT2D eigenvalue weighted by Gasteiger charge is 2.18. The zero-order valence-corrected chi connectivity index (χ0v) is 12.9. The highest BCUT2D eigenvalue weighted by Crippen LogP contribution is 2.17. The first kappa shape index (κ1) is 15.1. The fourth-order valence-electron chi connectivity index (χ4n) is 2.36. The first-order valence-corrected chi connectivity index (χ1v) is 7.49. The second-order valence-electron chi connectivity index (χ2n) is 5.13. The van der Waals surface area contributed by atoms with Crippen LogP contribution in [0.15, 0.2) is 24.4 Å². The van der Waals surface area contributed by atoms with E-state index in [1.807, 2.05) is 0 Å². The minimum Gasteiger partial charge on any atom is -0.467 e. The van der Waals surface area contributed by atoms with Gasteiger partial charge in [-0.1, -0.05) is 6.07 Å². The van der Waals surface area contributed by atoms with E-state index in [1.54, 1.807) is 24.4 Å². The van der Waals surface area contributed by atoms with Crippen molar-refractivity contribution in [3.63, 3.8) is 0 Å². The molecular formula is C15H18N6O2. The SMILES string of the molecule is COc1nc(CNC(=O)c2ccccn2)nc(N2CCCC2)n1. The molecule has 120 valence electrons. The highest BCUT2D eigenvalue weighted by atomic mass is 16.5. The number of nitrogens with zero attached hydrogens (tertiary/aromatic N) is 5. The van der Waals surface area contributed by atoms with Gasteiger partial charge in [0.1, 0.15) is 5.69 Å². The standard InChI is InChI=1S/C15H18N6O2/c1-23-15-19-12(18-14(20-15)21-8-4-5-9-21)10-17-13(22)11-6-2-3-7-16-11/h2-3,6-7H,4-5,8-10H2,1H3,(H,17,22). The molecule has 23 heavy (non-hydrogen) atoms. The lowest BCUT2D eigenvalue weighted by atomic mass is 10.3. The van der Waals surface area contributed by atoms with Gasteiger partial charge in [-0.25, -0.2) is 0 Å². The predicted molar refractivity (Wildman–Crippen MR) is 83.2 cm³/mol. The minimum atomic E-state index is -0.271. The van der Waals surface area contributed by atoms with E-state index in [9.17, 15) is 4.79 Å². The Morgan fingerprint density at radius 2 is 2.09 bits per heavy atom. The van der Waals surface area contributed by atoms with Gasteiger partial charge >= 0.3 is 6.01 Å². The first-order chi connectivity index (χ1) is 11.3. The number of rotatable bonds is 5. The lowest BCUT2D eigenvalue weighted by Crippen LogP contribution is -2.26. The van der Waals surface area contributed by atoms with Crippen LogP contribution in [0.1, 0.15) is 29.2 Å². The van der Waals surface area contributed by atoms with Crippen LogP contribution in [0, 0.1) is 0 Å². The number of carbonyl (C=O) groups is 1. The number of pyridine rings is 1. The molecule has 0 saturated carbocycles. The number of methoxy groups -OCH3 is 1. The van der Waals surface area contributed by atoms with Crippen LogP contribution < -0.4 is 15.0 Å². The summed E-state index contributed by atoms with van der Waals surface area (Å²) in [5.41, 5.74) is 0.355. The first-order valence-electron chi connectivity index (χ1n) is 7.49. The monoisotopic (exact) mass is 314 g/mol. The normalized spacial score (nSPS) is 13.9. The highest BCUT2D eigenvalue weighted by molar-refractivity contribution is 5.92. The van der Waals surface area contributed by atoms with Gasteiger partial charge in [0.05, 0.1) is 13.7 Å². The van der Waals surface area contributed by atoms with E-state index >= 15 is 0 Å². The van der Waals surface area contributed by atoms with Crippen molar-refractivity contribution in [2.24, 2.45) is 0 Å². The zero-order chi connectivity index (χ0) is 16.1. The van der Waals surface area contributed by atoms with Crippen LogP contribution in [0.4, 0.5) is 5.95 Å². The van der Waals surface area contributed by atoms with E-state index in [-0.39, 0.29) is 18.5 Å². The molecule has 0 radical (unpaired) electrons. The minimum absolute atomic E-state index is 0.190. The van der Waals surface area contributed by atoms with Gasteiger partial charge in [-0.2, -0.15) is 15.0 Å². The summed E-state index contributed by atoms with van der Waals surface area (Å²) in [5, 5.41) is 2.76. The Bertz CT molecular complexity index is 673. The molecule has 0 atom stereocenters. The van der Waals surface area contributed by atoms with Crippen molar-refractivity contribution in [2.45, 2.75) is 19.4 Å². The Balaban J connectivity index is 1.71. The lowest BCUT2D eigenvalue weighted by Gasteiger charge is -2.16. The van der Waals surface area contributed by atoms with Gasteiger partial charge in [0.25, 0.3) is 5.91 Å². The maximum absolute atomic E-state index is 12.0. The number of carbonyl (C=O) groups excluding carboxylic acids is 1. The molecule has 1 aliphatic rings. The number of ether oxygens (including phenoxy) is 1. The Labute approximate surface area is 134 Å². The summed E-state index contributed by atoms with van der Waals surface area (Å²) < 4.78 is 5.13. The van der Waals surface area contributed by atoms with Crippen molar-refractivity contribution in [3.8, 4) is 6.01 Å². The topological polar surface area (TPSA) is 93.1 Å². The average molecular weight is 314 g/mol. The summed E-state index contributed by atoms with van der Waals surface area (Å²) >= 11 is 0. The third kappa shape index (κ3) is 3.71. The lowest BCUT2D eigenvalue weighted by molar-refractivity contribution is 0.0944. The summed E-state index contributed by atoms with van der Waals surface area (Å²) in [4.78, 5) is 31.0. The fraction of sp³-hybridized carbons (Fsp3) is 0.400. The van der Waals surface area contributed by atoms with E-state index in [0.717, 1.165) is 25.9 Å². The molecule has 1 fully saturated rings.